The highest BCUT2D eigenvalue weighted by atomic mass is 16.6. The number of unbranched alkanes of at least 4 members (excludes halogenated alkanes) is 2. The molecule has 1 fully saturated rings. The minimum absolute atomic E-state index is 0.0959. The van der Waals surface area contributed by atoms with E-state index < -0.39 is 42.0 Å². The van der Waals surface area contributed by atoms with Crippen LogP contribution >= 0.6 is 0 Å². The Balaban J connectivity index is 1.47. The molecule has 2 aromatic carbocycles. The zero-order chi connectivity index (χ0) is 32.6. The number of cyclic esters (lactones) is 1. The third kappa shape index (κ3) is 11.7. The van der Waals surface area contributed by atoms with Crippen molar-refractivity contribution in [2.45, 2.75) is 77.6 Å². The second-order valence-electron chi connectivity index (χ2n) is 10.8. The van der Waals surface area contributed by atoms with Crippen LogP contribution in [0.25, 0.3) is 0 Å². The predicted molar refractivity (Wildman–Crippen MR) is 162 cm³/mol. The minimum atomic E-state index is -1.56. The summed E-state index contributed by atoms with van der Waals surface area (Å²) in [4.78, 5) is 63.7. The monoisotopic (exact) mass is 623 g/mol. The van der Waals surface area contributed by atoms with Gasteiger partial charge < -0.3 is 24.1 Å². The van der Waals surface area contributed by atoms with Crippen LogP contribution in [0.4, 0.5) is 4.79 Å². The molecule has 1 N–H and O–H groups in total. The van der Waals surface area contributed by atoms with E-state index in [1.807, 2.05) is 60.7 Å². The van der Waals surface area contributed by atoms with Crippen molar-refractivity contribution in [3.05, 3.63) is 83.9 Å². The van der Waals surface area contributed by atoms with Crippen molar-refractivity contribution in [3.63, 3.8) is 0 Å². The average molecular weight is 624 g/mol. The second-order valence-corrected chi connectivity index (χ2v) is 10.8. The first-order valence-electron chi connectivity index (χ1n) is 15.0. The molecular weight excluding hydrogens is 582 g/mol. The first-order chi connectivity index (χ1) is 21.7. The van der Waals surface area contributed by atoms with Crippen molar-refractivity contribution < 1.29 is 48.0 Å². The highest BCUT2D eigenvalue weighted by Crippen LogP contribution is 2.22. The Hall–Kier alpha value is -4.19. The molecule has 0 spiro atoms. The highest BCUT2D eigenvalue weighted by molar-refractivity contribution is 6.04. The number of aliphatic hydroxyl groups excluding tert-OH is 1. The Morgan fingerprint density at radius 1 is 0.956 bits per heavy atom. The molecule has 2 amide bonds. The second kappa shape index (κ2) is 18.6. The fraction of sp³-hybridized carbons (Fsp3) is 0.441. The molecule has 0 aliphatic carbocycles. The zero-order valence-corrected chi connectivity index (χ0v) is 25.7. The number of carbonyl (C=O) groups excluding carboxylic acids is 5. The number of carbonyl (C=O) groups is 5. The zero-order valence-electron chi connectivity index (χ0n) is 25.7. The standard InChI is InChI=1S/C34H41NO10/c1-24(33(40)35-31(23-44-34(35)41)43-22-27-14-8-4-9-15-27)32(45-25(2)37)30(39)19-18-28(38)16-10-5-11-17-29(20-36)42-21-26-12-6-3-7-13-26/h3-4,6-9,12-15,18-19,24,29,31-32,36H,5,10-11,16-17,20-23H2,1-2H3/b19-18+/t24-,29-,31?,32-/m0/s1. The Morgan fingerprint density at radius 2 is 1.60 bits per heavy atom. The van der Waals surface area contributed by atoms with Gasteiger partial charge in [-0.15, -0.1) is 0 Å². The molecule has 242 valence electrons. The van der Waals surface area contributed by atoms with Crippen LogP contribution in [-0.4, -0.2) is 71.2 Å². The van der Waals surface area contributed by atoms with Gasteiger partial charge in [0.2, 0.25) is 5.91 Å². The van der Waals surface area contributed by atoms with Crippen LogP contribution in [-0.2, 0) is 51.3 Å². The van der Waals surface area contributed by atoms with Gasteiger partial charge in [-0.25, -0.2) is 9.69 Å². The summed E-state index contributed by atoms with van der Waals surface area (Å²) in [6.45, 7) is 2.68. The van der Waals surface area contributed by atoms with Crippen molar-refractivity contribution >= 4 is 29.5 Å². The number of benzene rings is 2. The van der Waals surface area contributed by atoms with Gasteiger partial charge in [-0.2, -0.15) is 0 Å². The Bertz CT molecular complexity index is 1300. The maximum absolute atomic E-state index is 13.3. The van der Waals surface area contributed by atoms with Crippen molar-refractivity contribution in [2.75, 3.05) is 13.2 Å². The number of aliphatic hydroxyl groups is 1. The molecule has 11 nitrogen and oxygen atoms in total. The molecule has 0 saturated carbocycles. The van der Waals surface area contributed by atoms with Gasteiger partial charge in [0.05, 0.1) is 31.8 Å². The predicted octanol–water partition coefficient (Wildman–Crippen LogP) is 4.30. The number of rotatable bonds is 19. The summed E-state index contributed by atoms with van der Waals surface area (Å²) in [7, 11) is 0. The van der Waals surface area contributed by atoms with Crippen LogP contribution in [0, 0.1) is 5.92 Å². The van der Waals surface area contributed by atoms with Crippen LogP contribution in [0.3, 0.4) is 0 Å². The van der Waals surface area contributed by atoms with Gasteiger partial charge in [-0.3, -0.25) is 19.2 Å². The third-order valence-corrected chi connectivity index (χ3v) is 7.19. The fourth-order valence-corrected chi connectivity index (χ4v) is 4.68. The fourth-order valence-electron chi connectivity index (χ4n) is 4.68. The van der Waals surface area contributed by atoms with E-state index in [1.165, 1.54) is 6.92 Å². The molecule has 1 heterocycles. The van der Waals surface area contributed by atoms with E-state index in [1.54, 1.807) is 0 Å². The van der Waals surface area contributed by atoms with Crippen LogP contribution < -0.4 is 0 Å². The normalized spacial score (nSPS) is 16.6. The molecular formula is C34H41NO10. The molecule has 1 unspecified atom stereocenters. The first kappa shape index (κ1) is 35.3. The number of amides is 2. The third-order valence-electron chi connectivity index (χ3n) is 7.19. The van der Waals surface area contributed by atoms with E-state index in [4.69, 9.17) is 18.9 Å². The molecule has 0 bridgehead atoms. The summed E-state index contributed by atoms with van der Waals surface area (Å²) in [6.07, 6.45) is 1.14. The molecule has 1 saturated heterocycles. The lowest BCUT2D eigenvalue weighted by molar-refractivity contribution is -0.160. The number of ketones is 2. The van der Waals surface area contributed by atoms with Crippen LogP contribution in [0.1, 0.15) is 57.1 Å². The number of hydrogen-bond donors (Lipinski definition) is 1. The van der Waals surface area contributed by atoms with E-state index >= 15 is 0 Å². The van der Waals surface area contributed by atoms with Gasteiger partial charge >= 0.3 is 12.1 Å². The number of allylic oxidation sites excluding steroid dienone is 1. The minimum Gasteiger partial charge on any atom is -0.453 e. The number of hydrogen-bond acceptors (Lipinski definition) is 10. The van der Waals surface area contributed by atoms with Crippen LogP contribution in [0.5, 0.6) is 0 Å². The maximum Gasteiger partial charge on any atom is 0.418 e. The highest BCUT2D eigenvalue weighted by Gasteiger charge is 2.44. The number of esters is 1. The number of ether oxygens (including phenoxy) is 4. The lowest BCUT2D eigenvalue weighted by atomic mass is 9.98. The molecule has 4 atom stereocenters. The van der Waals surface area contributed by atoms with Crippen molar-refractivity contribution in [1.29, 1.82) is 0 Å². The Labute approximate surface area is 263 Å². The van der Waals surface area contributed by atoms with Gasteiger partial charge in [-0.1, -0.05) is 73.5 Å². The maximum atomic E-state index is 13.3. The van der Waals surface area contributed by atoms with E-state index in [9.17, 15) is 29.1 Å². The van der Waals surface area contributed by atoms with E-state index in [2.05, 4.69) is 0 Å². The van der Waals surface area contributed by atoms with Crippen molar-refractivity contribution in [3.8, 4) is 0 Å². The summed E-state index contributed by atoms with van der Waals surface area (Å²) in [6, 6.07) is 18.8. The largest absolute Gasteiger partial charge is 0.453 e. The summed E-state index contributed by atoms with van der Waals surface area (Å²) < 4.78 is 21.7. The van der Waals surface area contributed by atoms with Gasteiger partial charge in [0, 0.05) is 13.3 Å². The first-order valence-corrected chi connectivity index (χ1v) is 15.0. The molecule has 0 aromatic heterocycles. The molecule has 11 heteroatoms. The SMILES string of the molecule is CC(=O)O[C@H](C(=O)/C=C/C(=O)CCCCC[C@@H](CO)OCc1ccccc1)[C@H](C)C(=O)N1C(=O)OCC1OCc1ccccc1. The Morgan fingerprint density at radius 3 is 2.22 bits per heavy atom. The lowest BCUT2D eigenvalue weighted by Crippen LogP contribution is -2.48. The van der Waals surface area contributed by atoms with Crippen LogP contribution in [0.2, 0.25) is 0 Å². The van der Waals surface area contributed by atoms with Crippen molar-refractivity contribution in [2.24, 2.45) is 5.92 Å². The lowest BCUT2D eigenvalue weighted by Gasteiger charge is -2.26. The summed E-state index contributed by atoms with van der Waals surface area (Å²) in [5, 5.41) is 9.59. The topological polar surface area (TPSA) is 146 Å². The van der Waals surface area contributed by atoms with Gasteiger partial charge in [0.1, 0.15) is 6.61 Å². The number of nitrogens with zero attached hydrogens (tertiary/aromatic N) is 1. The van der Waals surface area contributed by atoms with Crippen molar-refractivity contribution in [1.82, 2.24) is 4.90 Å². The Kier molecular flexibility index (Phi) is 14.6. The average Bonchev–Trinajstić information content (AvgIpc) is 3.42. The summed E-state index contributed by atoms with van der Waals surface area (Å²) in [5.74, 6) is -3.96. The van der Waals surface area contributed by atoms with Gasteiger partial charge in [-0.05, 0) is 43.0 Å². The van der Waals surface area contributed by atoms with E-state index in [0.717, 1.165) is 47.9 Å². The molecule has 3 rings (SSSR count). The molecule has 1 aliphatic rings. The smallest absolute Gasteiger partial charge is 0.418 e. The molecule has 0 radical (unpaired) electrons. The van der Waals surface area contributed by atoms with Gasteiger partial charge in [0.15, 0.2) is 23.9 Å². The quantitative estimate of drug-likeness (QED) is 0.137. The molecule has 2 aromatic rings. The number of imide groups is 1. The summed E-state index contributed by atoms with van der Waals surface area (Å²) >= 11 is 0. The van der Waals surface area contributed by atoms with E-state index in [0.29, 0.717) is 19.4 Å². The van der Waals surface area contributed by atoms with Gasteiger partial charge in [0.25, 0.3) is 0 Å². The molecule has 1 aliphatic heterocycles. The van der Waals surface area contributed by atoms with E-state index in [-0.39, 0.29) is 38.1 Å². The van der Waals surface area contributed by atoms with Crippen LogP contribution in [0.15, 0.2) is 72.8 Å². The summed E-state index contributed by atoms with van der Waals surface area (Å²) in [5.41, 5.74) is 1.84. The molecule has 45 heavy (non-hydrogen) atoms.